The molecule has 2 atom stereocenters. The summed E-state index contributed by atoms with van der Waals surface area (Å²) in [5.41, 5.74) is 0. The van der Waals surface area contributed by atoms with E-state index in [1.807, 2.05) is 13.8 Å². The van der Waals surface area contributed by atoms with Gasteiger partial charge in [-0.05, 0) is 5.92 Å². The zero-order valence-corrected chi connectivity index (χ0v) is 9.12. The van der Waals surface area contributed by atoms with Crippen LogP contribution in [0.15, 0.2) is 0 Å². The van der Waals surface area contributed by atoms with E-state index in [-0.39, 0.29) is 42.7 Å². The van der Waals surface area contributed by atoms with Gasteiger partial charge in [0, 0.05) is 13.0 Å². The van der Waals surface area contributed by atoms with E-state index in [4.69, 9.17) is 5.11 Å². The summed E-state index contributed by atoms with van der Waals surface area (Å²) in [7, 11) is 0. The van der Waals surface area contributed by atoms with Crippen molar-refractivity contribution in [3.8, 4) is 0 Å². The molecule has 15 heavy (non-hydrogen) atoms. The molecule has 1 rings (SSSR count). The Kier molecular flexibility index (Phi) is 4.08. The van der Waals surface area contributed by atoms with Crippen LogP contribution in [0, 0.1) is 11.8 Å². The van der Waals surface area contributed by atoms with Crippen molar-refractivity contribution in [1.29, 1.82) is 0 Å². The number of nitrogens with one attached hydrogen (secondary N) is 2. The molecule has 0 aromatic rings. The van der Waals surface area contributed by atoms with Gasteiger partial charge in [-0.1, -0.05) is 13.8 Å². The number of hydrogen-bond donors (Lipinski definition) is 3. The zero-order valence-electron chi connectivity index (χ0n) is 9.12. The molecule has 5 heteroatoms. The van der Waals surface area contributed by atoms with E-state index < -0.39 is 0 Å². The van der Waals surface area contributed by atoms with Crippen LogP contribution in [0.3, 0.4) is 0 Å². The highest BCUT2D eigenvalue weighted by Gasteiger charge is 2.29. The minimum absolute atomic E-state index is 0.0719. The normalized spacial score (nSPS) is 22.7. The van der Waals surface area contributed by atoms with E-state index in [2.05, 4.69) is 10.6 Å². The maximum Gasteiger partial charge on any atom is 0.225 e. The third kappa shape index (κ3) is 3.20. The maximum absolute atomic E-state index is 11.7. The summed E-state index contributed by atoms with van der Waals surface area (Å²) in [5.74, 6) is -0.337. The Hall–Kier alpha value is -1.10. The second-order valence-corrected chi connectivity index (χ2v) is 4.25. The lowest BCUT2D eigenvalue weighted by molar-refractivity contribution is -0.127. The first-order valence-corrected chi connectivity index (χ1v) is 5.22. The van der Waals surface area contributed by atoms with Gasteiger partial charge in [0.05, 0.1) is 18.6 Å². The predicted molar refractivity (Wildman–Crippen MR) is 55.0 cm³/mol. The van der Waals surface area contributed by atoms with Crippen LogP contribution in [-0.2, 0) is 9.59 Å². The molecular formula is C10H18N2O3. The van der Waals surface area contributed by atoms with E-state index in [1.54, 1.807) is 0 Å². The van der Waals surface area contributed by atoms with Crippen molar-refractivity contribution in [3.63, 3.8) is 0 Å². The second-order valence-electron chi connectivity index (χ2n) is 4.25. The van der Waals surface area contributed by atoms with Gasteiger partial charge in [-0.25, -0.2) is 0 Å². The third-order valence-corrected chi connectivity index (χ3v) is 2.68. The fraction of sp³-hybridized carbons (Fsp3) is 0.800. The molecule has 0 radical (unpaired) electrons. The Bertz CT molecular complexity index is 253. The van der Waals surface area contributed by atoms with Gasteiger partial charge < -0.3 is 15.7 Å². The molecule has 1 heterocycles. The topological polar surface area (TPSA) is 78.4 Å². The lowest BCUT2D eigenvalue weighted by atomic mass is 10.0. The van der Waals surface area contributed by atoms with Crippen LogP contribution in [0.4, 0.5) is 0 Å². The van der Waals surface area contributed by atoms with Crippen molar-refractivity contribution < 1.29 is 14.7 Å². The van der Waals surface area contributed by atoms with Gasteiger partial charge in [0.25, 0.3) is 0 Å². The Labute approximate surface area is 89.2 Å². The minimum atomic E-state index is -0.287. The van der Waals surface area contributed by atoms with E-state index in [0.29, 0.717) is 6.54 Å². The first-order chi connectivity index (χ1) is 7.04. The molecule has 1 saturated heterocycles. The van der Waals surface area contributed by atoms with Crippen molar-refractivity contribution in [2.75, 3.05) is 13.2 Å². The smallest absolute Gasteiger partial charge is 0.225 e. The van der Waals surface area contributed by atoms with E-state index in [1.165, 1.54) is 0 Å². The van der Waals surface area contributed by atoms with Crippen LogP contribution in [-0.4, -0.2) is 36.1 Å². The average Bonchev–Trinajstić information content (AvgIpc) is 2.60. The first kappa shape index (κ1) is 12.0. The highest BCUT2D eigenvalue weighted by atomic mass is 16.3. The Morgan fingerprint density at radius 2 is 2.33 bits per heavy atom. The molecular weight excluding hydrogens is 196 g/mol. The van der Waals surface area contributed by atoms with Gasteiger partial charge in [0.2, 0.25) is 11.8 Å². The molecule has 0 aromatic heterocycles. The van der Waals surface area contributed by atoms with Gasteiger partial charge in [-0.2, -0.15) is 0 Å². The molecule has 5 nitrogen and oxygen atoms in total. The standard InChI is InChI=1S/C10H18N2O3/c1-6(2)8(5-13)12-10(15)7-3-9(14)11-4-7/h6-8,13H,3-5H2,1-2H3,(H,11,14)(H,12,15). The third-order valence-electron chi connectivity index (χ3n) is 2.68. The van der Waals surface area contributed by atoms with Crippen molar-refractivity contribution in [2.45, 2.75) is 26.3 Å². The Morgan fingerprint density at radius 1 is 1.67 bits per heavy atom. The minimum Gasteiger partial charge on any atom is -0.394 e. The maximum atomic E-state index is 11.7. The molecule has 1 fully saturated rings. The van der Waals surface area contributed by atoms with Crippen LogP contribution < -0.4 is 10.6 Å². The Morgan fingerprint density at radius 3 is 2.73 bits per heavy atom. The molecule has 3 N–H and O–H groups in total. The molecule has 0 bridgehead atoms. The van der Waals surface area contributed by atoms with Gasteiger partial charge >= 0.3 is 0 Å². The number of rotatable bonds is 4. The second kappa shape index (κ2) is 5.11. The van der Waals surface area contributed by atoms with E-state index in [0.717, 1.165) is 0 Å². The van der Waals surface area contributed by atoms with Crippen LogP contribution in [0.1, 0.15) is 20.3 Å². The van der Waals surface area contributed by atoms with Crippen molar-refractivity contribution >= 4 is 11.8 Å². The van der Waals surface area contributed by atoms with Crippen LogP contribution >= 0.6 is 0 Å². The largest absolute Gasteiger partial charge is 0.394 e. The molecule has 1 aliphatic rings. The van der Waals surface area contributed by atoms with E-state index in [9.17, 15) is 9.59 Å². The van der Waals surface area contributed by atoms with Crippen molar-refractivity contribution in [2.24, 2.45) is 11.8 Å². The van der Waals surface area contributed by atoms with Gasteiger partial charge in [0.1, 0.15) is 0 Å². The number of amides is 2. The number of aliphatic hydroxyl groups is 1. The summed E-state index contributed by atoms with van der Waals surface area (Å²) < 4.78 is 0. The van der Waals surface area contributed by atoms with Crippen LogP contribution in [0.2, 0.25) is 0 Å². The summed E-state index contributed by atoms with van der Waals surface area (Å²) in [5, 5.41) is 14.4. The zero-order chi connectivity index (χ0) is 11.4. The highest BCUT2D eigenvalue weighted by Crippen LogP contribution is 2.10. The number of carbonyl (C=O) groups excluding carboxylic acids is 2. The quantitative estimate of drug-likeness (QED) is 0.576. The Balaban J connectivity index is 2.44. The molecule has 0 saturated carbocycles. The van der Waals surface area contributed by atoms with Crippen LogP contribution in [0.25, 0.3) is 0 Å². The van der Waals surface area contributed by atoms with Gasteiger partial charge in [-0.15, -0.1) is 0 Å². The van der Waals surface area contributed by atoms with Gasteiger partial charge in [0.15, 0.2) is 0 Å². The number of carbonyl (C=O) groups is 2. The molecule has 86 valence electrons. The van der Waals surface area contributed by atoms with Crippen molar-refractivity contribution in [1.82, 2.24) is 10.6 Å². The molecule has 2 amide bonds. The monoisotopic (exact) mass is 214 g/mol. The fourth-order valence-electron chi connectivity index (χ4n) is 1.51. The van der Waals surface area contributed by atoms with Crippen LogP contribution in [0.5, 0.6) is 0 Å². The van der Waals surface area contributed by atoms with Crippen molar-refractivity contribution in [3.05, 3.63) is 0 Å². The summed E-state index contributed by atoms with van der Waals surface area (Å²) in [4.78, 5) is 22.6. The number of hydrogen-bond acceptors (Lipinski definition) is 3. The van der Waals surface area contributed by atoms with E-state index >= 15 is 0 Å². The molecule has 1 aliphatic heterocycles. The first-order valence-electron chi connectivity index (χ1n) is 5.22. The summed E-state index contributed by atoms with van der Waals surface area (Å²) >= 11 is 0. The molecule has 2 unspecified atom stereocenters. The fourth-order valence-corrected chi connectivity index (χ4v) is 1.51. The lowest BCUT2D eigenvalue weighted by Gasteiger charge is -2.21. The predicted octanol–water partition coefficient (Wildman–Crippen LogP) is -0.744. The average molecular weight is 214 g/mol. The summed E-state index contributed by atoms with van der Waals surface area (Å²) in [6.07, 6.45) is 0.252. The van der Waals surface area contributed by atoms with Gasteiger partial charge in [-0.3, -0.25) is 9.59 Å². The SMILES string of the molecule is CC(C)C(CO)NC(=O)C1CNC(=O)C1. The molecule has 0 aliphatic carbocycles. The molecule has 0 spiro atoms. The highest BCUT2D eigenvalue weighted by molar-refractivity contribution is 5.89. The summed E-state index contributed by atoms with van der Waals surface area (Å²) in [6.45, 7) is 4.19. The summed E-state index contributed by atoms with van der Waals surface area (Å²) in [6, 6.07) is -0.229. The number of aliphatic hydroxyl groups excluding tert-OH is 1. The molecule has 0 aromatic carbocycles. The lowest BCUT2D eigenvalue weighted by Crippen LogP contribution is -2.44.